The largest absolute Gasteiger partial charge is 0.312 e. The van der Waals surface area contributed by atoms with Crippen molar-refractivity contribution in [1.82, 2.24) is 0 Å². The Hall–Kier alpha value is -3.50. The molecule has 0 bridgehead atoms. The fraction of sp³-hybridized carbons (Fsp3) is 0.143. The van der Waals surface area contributed by atoms with E-state index in [4.69, 9.17) is 0 Å². The third-order valence-electron chi connectivity index (χ3n) is 4.24. The summed E-state index contributed by atoms with van der Waals surface area (Å²) in [6.07, 6.45) is 1.71. The van der Waals surface area contributed by atoms with Gasteiger partial charge in [-0.25, -0.2) is 0 Å². The summed E-state index contributed by atoms with van der Waals surface area (Å²) < 4.78 is 0. The zero-order chi connectivity index (χ0) is 20.5. The normalized spacial score (nSPS) is 15.5. The first-order valence-corrected chi connectivity index (χ1v) is 12.3. The number of para-hydroxylation sites is 1. The van der Waals surface area contributed by atoms with Crippen molar-refractivity contribution in [1.29, 1.82) is 5.26 Å². The molecule has 0 radical (unpaired) electrons. The molecule has 0 saturated heterocycles. The lowest BCUT2D eigenvalue weighted by Gasteiger charge is -2.21. The van der Waals surface area contributed by atoms with Crippen molar-refractivity contribution in [3.05, 3.63) is 87.4 Å². The summed E-state index contributed by atoms with van der Waals surface area (Å²) in [6, 6.07) is 15.2. The van der Waals surface area contributed by atoms with Crippen molar-refractivity contribution in [3.63, 3.8) is 0 Å². The number of nitro groups is 1. The molecule has 140 valence electrons. The molecule has 3 rings (SSSR count). The van der Waals surface area contributed by atoms with E-state index < -0.39 is 13.0 Å². The number of benzene rings is 2. The van der Waals surface area contributed by atoms with Gasteiger partial charge in [0, 0.05) is 23.9 Å². The quantitative estimate of drug-likeness (QED) is 0.328. The molecule has 0 aliphatic carbocycles. The number of hydrogen-bond acceptors (Lipinski definition) is 5. The molecule has 7 heteroatoms. The molecule has 0 amide bonds. The molecule has 0 atom stereocenters. The Morgan fingerprint density at radius 2 is 1.75 bits per heavy atom. The number of rotatable bonds is 4. The summed E-state index contributed by atoms with van der Waals surface area (Å²) in [4.78, 5) is 25.4. The third kappa shape index (κ3) is 3.77. The molecule has 0 aromatic heterocycles. The minimum absolute atomic E-state index is 0.0284. The molecule has 1 heterocycles. The zero-order valence-electron chi connectivity index (χ0n) is 15.8. The van der Waals surface area contributed by atoms with E-state index >= 15 is 0 Å². The van der Waals surface area contributed by atoms with Gasteiger partial charge in [0.1, 0.15) is 6.07 Å². The lowest BCUT2D eigenvalue weighted by atomic mass is 10.0. The van der Waals surface area contributed by atoms with E-state index in [1.807, 2.05) is 11.8 Å². The SMILES string of the molecule is C[Si](C)(C)/C=C1/C(=O)C(c2ccc([N+](=O)[O-])cc2)=CN1c1ccccc1C#N. The first kappa shape index (κ1) is 19.3. The van der Waals surface area contributed by atoms with E-state index in [0.29, 0.717) is 28.1 Å². The molecule has 2 aromatic carbocycles. The lowest BCUT2D eigenvalue weighted by molar-refractivity contribution is -0.384. The molecule has 0 unspecified atom stereocenters. The highest BCUT2D eigenvalue weighted by molar-refractivity contribution is 6.81. The van der Waals surface area contributed by atoms with Gasteiger partial charge < -0.3 is 4.90 Å². The van der Waals surface area contributed by atoms with Crippen molar-refractivity contribution < 1.29 is 9.72 Å². The molecule has 0 fully saturated rings. The molecular formula is C21H19N3O3Si. The molecule has 2 aromatic rings. The first-order chi connectivity index (χ1) is 13.2. The van der Waals surface area contributed by atoms with Gasteiger partial charge in [-0.05, 0) is 29.8 Å². The van der Waals surface area contributed by atoms with Gasteiger partial charge >= 0.3 is 0 Å². The van der Waals surface area contributed by atoms with Crippen LogP contribution in [0.4, 0.5) is 11.4 Å². The number of carbonyl (C=O) groups is 1. The Morgan fingerprint density at radius 3 is 2.32 bits per heavy atom. The van der Waals surface area contributed by atoms with Crippen LogP contribution in [0.5, 0.6) is 0 Å². The standard InChI is InChI=1S/C21H19N3O3Si/c1-28(2,3)14-20-21(25)18(15-8-10-17(11-9-15)24(26)27)13-23(20)19-7-5-4-6-16(19)12-22/h4-11,13-14H,1-3H3/b20-14-. The Morgan fingerprint density at radius 1 is 1.11 bits per heavy atom. The van der Waals surface area contributed by atoms with E-state index in [2.05, 4.69) is 25.7 Å². The van der Waals surface area contributed by atoms with Crippen LogP contribution >= 0.6 is 0 Å². The highest BCUT2D eigenvalue weighted by Gasteiger charge is 2.32. The van der Waals surface area contributed by atoms with Gasteiger partial charge in [0.2, 0.25) is 5.78 Å². The number of allylic oxidation sites excluding steroid dienone is 1. The number of anilines is 1. The highest BCUT2D eigenvalue weighted by Crippen LogP contribution is 2.36. The highest BCUT2D eigenvalue weighted by atomic mass is 28.3. The Kier molecular flexibility index (Phi) is 4.99. The van der Waals surface area contributed by atoms with Gasteiger partial charge in [-0.1, -0.05) is 37.5 Å². The lowest BCUT2D eigenvalue weighted by Crippen LogP contribution is -2.24. The average molecular weight is 389 g/mol. The number of hydrogen-bond donors (Lipinski definition) is 0. The van der Waals surface area contributed by atoms with Gasteiger partial charge in [0.05, 0.1) is 29.9 Å². The third-order valence-corrected chi connectivity index (χ3v) is 5.38. The van der Waals surface area contributed by atoms with E-state index in [1.54, 1.807) is 41.4 Å². The average Bonchev–Trinajstić information content (AvgIpc) is 2.96. The van der Waals surface area contributed by atoms with E-state index in [9.17, 15) is 20.2 Å². The monoisotopic (exact) mass is 389 g/mol. The predicted octanol–water partition coefficient (Wildman–Crippen LogP) is 4.66. The second-order valence-electron chi connectivity index (χ2n) is 7.57. The second kappa shape index (κ2) is 7.25. The van der Waals surface area contributed by atoms with E-state index in [0.717, 1.165) is 0 Å². The van der Waals surface area contributed by atoms with Crippen LogP contribution in [0.1, 0.15) is 11.1 Å². The summed E-state index contributed by atoms with van der Waals surface area (Å²) in [5, 5.41) is 20.4. The predicted molar refractivity (Wildman–Crippen MR) is 111 cm³/mol. The summed E-state index contributed by atoms with van der Waals surface area (Å²) >= 11 is 0. The molecular weight excluding hydrogens is 370 g/mol. The Balaban J connectivity index is 2.14. The van der Waals surface area contributed by atoms with Crippen molar-refractivity contribution in [2.75, 3.05) is 4.90 Å². The van der Waals surface area contributed by atoms with Crippen LogP contribution in [-0.4, -0.2) is 18.8 Å². The molecule has 1 aliphatic rings. The minimum atomic E-state index is -1.75. The zero-order valence-corrected chi connectivity index (χ0v) is 16.8. The van der Waals surface area contributed by atoms with Crippen LogP contribution in [0.3, 0.4) is 0 Å². The number of nitriles is 1. The van der Waals surface area contributed by atoms with E-state index in [-0.39, 0.29) is 11.5 Å². The molecule has 0 spiro atoms. The fourth-order valence-electron chi connectivity index (χ4n) is 3.00. The smallest absolute Gasteiger partial charge is 0.269 e. The van der Waals surface area contributed by atoms with Crippen molar-refractivity contribution in [2.45, 2.75) is 19.6 Å². The summed E-state index contributed by atoms with van der Waals surface area (Å²) in [5.41, 5.74) is 4.67. The van der Waals surface area contributed by atoms with Crippen LogP contribution in [-0.2, 0) is 4.79 Å². The van der Waals surface area contributed by atoms with Crippen LogP contribution in [0.15, 0.2) is 66.1 Å². The van der Waals surface area contributed by atoms with Crippen LogP contribution in [0.25, 0.3) is 5.57 Å². The van der Waals surface area contributed by atoms with E-state index in [1.165, 1.54) is 12.1 Å². The van der Waals surface area contributed by atoms with Gasteiger partial charge in [0.15, 0.2) is 0 Å². The van der Waals surface area contributed by atoms with Gasteiger partial charge in [-0.2, -0.15) is 5.26 Å². The summed E-state index contributed by atoms with van der Waals surface area (Å²) in [7, 11) is -1.75. The maximum Gasteiger partial charge on any atom is 0.269 e. The summed E-state index contributed by atoms with van der Waals surface area (Å²) in [5.74, 6) is -0.149. The van der Waals surface area contributed by atoms with Crippen molar-refractivity contribution in [3.8, 4) is 6.07 Å². The molecule has 28 heavy (non-hydrogen) atoms. The number of nitrogens with zero attached hydrogens (tertiary/aromatic N) is 3. The number of Topliss-reactive ketones (excluding diaryl/α,β-unsaturated/α-hetero) is 1. The maximum atomic E-state index is 13.2. The van der Waals surface area contributed by atoms with Gasteiger partial charge in [-0.15, -0.1) is 0 Å². The Labute approximate surface area is 164 Å². The summed E-state index contributed by atoms with van der Waals surface area (Å²) in [6.45, 7) is 6.39. The number of non-ortho nitro benzene ring substituents is 1. The van der Waals surface area contributed by atoms with Gasteiger partial charge in [-0.3, -0.25) is 14.9 Å². The van der Waals surface area contributed by atoms with Crippen molar-refractivity contribution >= 4 is 30.8 Å². The molecule has 6 nitrogen and oxygen atoms in total. The van der Waals surface area contributed by atoms with Crippen LogP contribution in [0, 0.1) is 21.4 Å². The Bertz CT molecular complexity index is 1060. The van der Waals surface area contributed by atoms with Crippen molar-refractivity contribution in [2.24, 2.45) is 0 Å². The van der Waals surface area contributed by atoms with Crippen LogP contribution in [0.2, 0.25) is 19.6 Å². The second-order valence-corrected chi connectivity index (χ2v) is 12.6. The molecule has 0 saturated carbocycles. The number of carbonyl (C=O) groups excluding carboxylic acids is 1. The topological polar surface area (TPSA) is 87.2 Å². The fourth-order valence-corrected chi connectivity index (χ4v) is 4.09. The minimum Gasteiger partial charge on any atom is -0.312 e. The van der Waals surface area contributed by atoms with Gasteiger partial charge in [0.25, 0.3) is 5.69 Å². The first-order valence-electron chi connectivity index (χ1n) is 8.74. The molecule has 0 N–H and O–H groups in total. The van der Waals surface area contributed by atoms with Crippen LogP contribution < -0.4 is 4.90 Å². The number of nitro benzene ring substituents is 1. The number of ketones is 1. The maximum absolute atomic E-state index is 13.2. The molecule has 1 aliphatic heterocycles.